The van der Waals surface area contributed by atoms with E-state index in [0.29, 0.717) is 4.47 Å². The molecule has 6 heteroatoms. The molecule has 0 N–H and O–H groups in total. The molecular weight excluding hydrogens is 249 g/mol. The SMILES string of the molecule is [2H]C([2H])([2H])Oc1ncc(Br)cc1C(=O)[O-].[Na+]. The number of hydrogen-bond donors (Lipinski definition) is 0. The molecule has 1 aromatic rings. The van der Waals surface area contributed by atoms with Gasteiger partial charge in [0.05, 0.1) is 22.7 Å². The molecule has 0 spiro atoms. The molecule has 0 radical (unpaired) electrons. The minimum absolute atomic E-state index is 0. The predicted molar refractivity (Wildman–Crippen MR) is 42.8 cm³/mol. The normalized spacial score (nSPS) is 13.2. The van der Waals surface area contributed by atoms with Crippen molar-refractivity contribution in [3.05, 3.63) is 22.3 Å². The fourth-order valence-electron chi connectivity index (χ4n) is 0.654. The number of hydrogen-bond acceptors (Lipinski definition) is 4. The maximum absolute atomic E-state index is 10.6. The van der Waals surface area contributed by atoms with Crippen molar-refractivity contribution in [3.63, 3.8) is 0 Å². The molecule has 1 heterocycles. The van der Waals surface area contributed by atoms with Crippen LogP contribution in [0.15, 0.2) is 16.7 Å². The van der Waals surface area contributed by atoms with Gasteiger partial charge in [-0.05, 0) is 22.0 Å². The molecular formula is C7H5BrNNaO3. The predicted octanol–water partition coefficient (Wildman–Crippen LogP) is -2.78. The minimum Gasteiger partial charge on any atom is -0.545 e. The van der Waals surface area contributed by atoms with E-state index in [1.807, 2.05) is 0 Å². The maximum atomic E-state index is 10.6. The Morgan fingerprint density at radius 2 is 2.54 bits per heavy atom. The third-order valence-corrected chi connectivity index (χ3v) is 1.57. The van der Waals surface area contributed by atoms with E-state index in [9.17, 15) is 9.90 Å². The molecule has 0 fully saturated rings. The third kappa shape index (κ3) is 3.27. The van der Waals surface area contributed by atoms with Gasteiger partial charge >= 0.3 is 29.6 Å². The third-order valence-electron chi connectivity index (χ3n) is 1.13. The van der Waals surface area contributed by atoms with Crippen LogP contribution in [0.1, 0.15) is 14.5 Å². The number of carboxylic acid groups (broad SMARTS) is 1. The molecule has 0 unspecified atom stereocenters. The van der Waals surface area contributed by atoms with Gasteiger partial charge < -0.3 is 14.6 Å². The van der Waals surface area contributed by atoms with Crippen molar-refractivity contribution in [2.75, 3.05) is 7.04 Å². The first kappa shape index (κ1) is 8.23. The van der Waals surface area contributed by atoms with E-state index in [1.54, 1.807) is 0 Å². The van der Waals surface area contributed by atoms with Crippen molar-refractivity contribution in [1.29, 1.82) is 0 Å². The van der Waals surface area contributed by atoms with Gasteiger partial charge in [-0.3, -0.25) is 0 Å². The van der Waals surface area contributed by atoms with Crippen LogP contribution in [-0.2, 0) is 0 Å². The molecule has 0 bridgehead atoms. The largest absolute Gasteiger partial charge is 1.00 e. The Hall–Kier alpha value is -0.100. The summed E-state index contributed by atoms with van der Waals surface area (Å²) < 4.78 is 25.2. The van der Waals surface area contributed by atoms with Crippen LogP contribution in [0.2, 0.25) is 0 Å². The van der Waals surface area contributed by atoms with E-state index in [4.69, 9.17) is 4.11 Å². The number of carbonyl (C=O) groups is 1. The van der Waals surface area contributed by atoms with Crippen molar-refractivity contribution in [2.24, 2.45) is 0 Å². The number of rotatable bonds is 2. The number of halogens is 1. The number of aromatic carboxylic acids is 1. The second kappa shape index (κ2) is 5.59. The number of methoxy groups -OCH3 is 1. The quantitative estimate of drug-likeness (QED) is 0.538. The summed E-state index contributed by atoms with van der Waals surface area (Å²) in [5, 5.41) is 10.6. The minimum atomic E-state index is -2.75. The van der Waals surface area contributed by atoms with E-state index in [1.165, 1.54) is 6.20 Å². The van der Waals surface area contributed by atoms with Gasteiger partial charge in [0, 0.05) is 10.7 Å². The Kier molecular flexibility index (Phi) is 3.54. The molecule has 13 heavy (non-hydrogen) atoms. The standard InChI is InChI=1S/C7H6BrNO3.Na/c1-12-6-5(7(10)11)2-4(8)3-9-6;/h2-3H,1H3,(H,10,11);/q;+1/p-1/i1D3;. The molecule has 0 atom stereocenters. The molecule has 1 rings (SSSR count). The van der Waals surface area contributed by atoms with E-state index in [-0.39, 0.29) is 29.6 Å². The summed E-state index contributed by atoms with van der Waals surface area (Å²) in [6.07, 6.45) is 1.23. The average molecular weight is 257 g/mol. The number of carbonyl (C=O) groups excluding carboxylic acids is 1. The van der Waals surface area contributed by atoms with Crippen LogP contribution in [0.25, 0.3) is 0 Å². The van der Waals surface area contributed by atoms with Crippen LogP contribution >= 0.6 is 15.9 Å². The topological polar surface area (TPSA) is 62.2 Å². The summed E-state index contributed by atoms with van der Waals surface area (Å²) in [6, 6.07) is 1.16. The Bertz CT molecular complexity index is 399. The van der Waals surface area contributed by atoms with Crippen molar-refractivity contribution >= 4 is 21.9 Å². The van der Waals surface area contributed by atoms with Crippen LogP contribution in [0, 0.1) is 0 Å². The first-order chi connectivity index (χ1) is 6.79. The van der Waals surface area contributed by atoms with Crippen LogP contribution < -0.4 is 39.4 Å². The summed E-state index contributed by atoms with van der Waals surface area (Å²) in [4.78, 5) is 14.2. The Labute approximate surface area is 110 Å². The van der Waals surface area contributed by atoms with Gasteiger partial charge in [0.15, 0.2) is 0 Å². The second-order valence-electron chi connectivity index (χ2n) is 1.90. The Morgan fingerprint density at radius 1 is 1.85 bits per heavy atom. The number of ether oxygens (including phenoxy) is 1. The number of nitrogens with zero attached hydrogens (tertiary/aromatic N) is 1. The smallest absolute Gasteiger partial charge is 0.545 e. The van der Waals surface area contributed by atoms with Crippen LogP contribution in [-0.4, -0.2) is 18.0 Å². The summed E-state index contributed by atoms with van der Waals surface area (Å²) in [5.41, 5.74) is -0.416. The van der Waals surface area contributed by atoms with Gasteiger partial charge in [0.25, 0.3) is 0 Å². The first-order valence-electron chi connectivity index (χ1n) is 4.35. The average Bonchev–Trinajstić information content (AvgIpc) is 2.05. The van der Waals surface area contributed by atoms with Crippen molar-refractivity contribution < 1.29 is 48.3 Å². The molecule has 0 aliphatic heterocycles. The molecule has 0 aromatic carbocycles. The van der Waals surface area contributed by atoms with Crippen LogP contribution in [0.5, 0.6) is 5.88 Å². The zero-order chi connectivity index (χ0) is 11.6. The molecule has 0 amide bonds. The van der Waals surface area contributed by atoms with Gasteiger partial charge in [-0.15, -0.1) is 0 Å². The number of carboxylic acids is 1. The van der Waals surface area contributed by atoms with Gasteiger partial charge in [-0.25, -0.2) is 4.98 Å². The molecule has 0 saturated heterocycles. The maximum Gasteiger partial charge on any atom is 1.00 e. The van der Waals surface area contributed by atoms with Gasteiger partial charge in [0.2, 0.25) is 5.88 Å². The summed E-state index contributed by atoms with van der Waals surface area (Å²) in [5.74, 6) is -2.04. The molecule has 1 aromatic heterocycles. The fourth-order valence-corrected chi connectivity index (χ4v) is 0.986. The van der Waals surface area contributed by atoms with Gasteiger partial charge in [-0.1, -0.05) is 0 Å². The number of pyridine rings is 1. The zero-order valence-corrected chi connectivity index (χ0v) is 10.3. The molecule has 0 saturated carbocycles. The van der Waals surface area contributed by atoms with E-state index < -0.39 is 24.5 Å². The van der Waals surface area contributed by atoms with Crippen molar-refractivity contribution in [1.82, 2.24) is 4.98 Å². The van der Waals surface area contributed by atoms with Crippen LogP contribution in [0.4, 0.5) is 0 Å². The van der Waals surface area contributed by atoms with Crippen molar-refractivity contribution in [2.45, 2.75) is 0 Å². The summed E-state index contributed by atoms with van der Waals surface area (Å²) >= 11 is 2.99. The first-order valence-corrected chi connectivity index (χ1v) is 3.65. The Balaban J connectivity index is 0.00000225. The molecule has 0 aliphatic carbocycles. The Morgan fingerprint density at radius 3 is 3.08 bits per heavy atom. The zero-order valence-electron chi connectivity index (χ0n) is 9.70. The monoisotopic (exact) mass is 256 g/mol. The van der Waals surface area contributed by atoms with Crippen LogP contribution in [0.3, 0.4) is 0 Å². The fraction of sp³-hybridized carbons (Fsp3) is 0.143. The second-order valence-corrected chi connectivity index (χ2v) is 2.81. The number of aromatic nitrogens is 1. The van der Waals surface area contributed by atoms with Gasteiger partial charge in [-0.2, -0.15) is 0 Å². The van der Waals surface area contributed by atoms with E-state index in [0.717, 1.165) is 6.07 Å². The molecule has 4 nitrogen and oxygen atoms in total. The van der Waals surface area contributed by atoms with E-state index in [2.05, 4.69) is 25.7 Å². The summed E-state index contributed by atoms with van der Waals surface area (Å²) in [7, 11) is -2.75. The van der Waals surface area contributed by atoms with E-state index >= 15 is 0 Å². The molecule has 0 aliphatic rings. The van der Waals surface area contributed by atoms with Gasteiger partial charge in [0.1, 0.15) is 0 Å². The summed E-state index contributed by atoms with van der Waals surface area (Å²) in [6.45, 7) is 0. The molecule has 64 valence electrons. The van der Waals surface area contributed by atoms with Crippen molar-refractivity contribution in [3.8, 4) is 5.88 Å².